The van der Waals surface area contributed by atoms with E-state index in [1.807, 2.05) is 6.07 Å². The van der Waals surface area contributed by atoms with Crippen LogP contribution < -0.4 is 20.5 Å². The maximum atomic E-state index is 11.7. The number of aromatic nitrogens is 2. The molecule has 1 aliphatic heterocycles. The van der Waals surface area contributed by atoms with Crippen LogP contribution >= 0.6 is 19.4 Å². The van der Waals surface area contributed by atoms with Crippen LogP contribution in [0.4, 0.5) is 23.0 Å². The number of phosphoric ester groups is 1. The van der Waals surface area contributed by atoms with Crippen LogP contribution in [0, 0.1) is 5.92 Å². The van der Waals surface area contributed by atoms with Gasteiger partial charge in [0.05, 0.1) is 22.6 Å². The Labute approximate surface area is 244 Å². The minimum Gasteiger partial charge on any atom is -0.402 e. The fraction of sp³-hybridized carbons (Fsp3) is 0.321. The Morgan fingerprint density at radius 3 is 2.73 bits per heavy atom. The lowest BCUT2D eigenvalue weighted by Crippen LogP contribution is -2.34. The molecule has 1 fully saturated rings. The number of halogens is 1. The first-order valence-corrected chi connectivity index (χ1v) is 15.2. The largest absolute Gasteiger partial charge is 0.524 e. The van der Waals surface area contributed by atoms with Crippen LogP contribution in [0.5, 0.6) is 5.75 Å². The van der Waals surface area contributed by atoms with Crippen LogP contribution in [0.1, 0.15) is 26.2 Å². The summed E-state index contributed by atoms with van der Waals surface area (Å²) in [6, 6.07) is 11.8. The van der Waals surface area contributed by atoms with Crippen molar-refractivity contribution in [2.24, 2.45) is 5.92 Å². The number of hydrogen-bond acceptors (Lipinski definition) is 8. The molecule has 0 radical (unpaired) electrons. The lowest BCUT2D eigenvalue weighted by Gasteiger charge is -2.30. The van der Waals surface area contributed by atoms with Gasteiger partial charge in [0.2, 0.25) is 11.9 Å². The number of likely N-dealkylation sites (tertiary alicyclic amines) is 1. The minimum absolute atomic E-state index is 0.0341. The van der Waals surface area contributed by atoms with E-state index in [4.69, 9.17) is 16.1 Å². The Bertz CT molecular complexity index is 1430. The predicted octanol–water partition coefficient (Wildman–Crippen LogP) is 5.67. The highest BCUT2D eigenvalue weighted by Crippen LogP contribution is 2.42. The van der Waals surface area contributed by atoms with Gasteiger partial charge in [-0.1, -0.05) is 37.2 Å². The fourth-order valence-electron chi connectivity index (χ4n) is 4.46. The molecular formula is C28H34ClN6O5P. The summed E-state index contributed by atoms with van der Waals surface area (Å²) in [6.45, 7) is 9.44. The van der Waals surface area contributed by atoms with Gasteiger partial charge in [0, 0.05) is 23.5 Å². The highest BCUT2D eigenvalue weighted by atomic mass is 35.5. The Hall–Kier alpha value is -3.47. The van der Waals surface area contributed by atoms with Crippen LogP contribution in [0.2, 0.25) is 5.02 Å². The molecule has 2 aromatic carbocycles. The first kappa shape index (κ1) is 30.5. The van der Waals surface area contributed by atoms with Gasteiger partial charge in [-0.2, -0.15) is 0 Å². The van der Waals surface area contributed by atoms with Gasteiger partial charge in [0.25, 0.3) is 0 Å². The number of phosphoric acid groups is 1. The van der Waals surface area contributed by atoms with E-state index in [-0.39, 0.29) is 17.6 Å². The lowest BCUT2D eigenvalue weighted by atomic mass is 9.99. The third kappa shape index (κ3) is 9.27. The van der Waals surface area contributed by atoms with Gasteiger partial charge < -0.3 is 25.4 Å². The van der Waals surface area contributed by atoms with Crippen molar-refractivity contribution in [1.82, 2.24) is 14.9 Å². The molecule has 0 saturated carbocycles. The van der Waals surface area contributed by atoms with Gasteiger partial charge >= 0.3 is 7.82 Å². The molecule has 0 aliphatic carbocycles. The predicted molar refractivity (Wildman–Crippen MR) is 162 cm³/mol. The van der Waals surface area contributed by atoms with E-state index in [9.17, 15) is 19.1 Å². The first-order valence-electron chi connectivity index (χ1n) is 13.3. The second-order valence-electron chi connectivity index (χ2n) is 9.89. The van der Waals surface area contributed by atoms with Crippen LogP contribution in [-0.2, 0) is 9.36 Å². The van der Waals surface area contributed by atoms with Gasteiger partial charge in [-0.05, 0) is 81.2 Å². The quantitative estimate of drug-likeness (QED) is 0.0999. The lowest BCUT2D eigenvalue weighted by molar-refractivity contribution is -0.111. The molecule has 1 aliphatic rings. The number of hydrogen-bond donors (Lipinski definition) is 5. The SMILES string of the molecule is C=CC(=O)Nc1cccc(-c2nc(Nc3ccc(OP(=O)(O)O)c(NCCCN4CCC(C)CC4)c3)ncc2Cl)c1. The molecule has 218 valence electrons. The average molecular weight is 601 g/mol. The molecule has 0 atom stereocenters. The van der Waals surface area contributed by atoms with Gasteiger partial charge in [-0.25, -0.2) is 14.5 Å². The number of anilines is 4. The summed E-state index contributed by atoms with van der Waals surface area (Å²) in [5.41, 5.74) is 2.66. The van der Waals surface area contributed by atoms with Crippen molar-refractivity contribution in [1.29, 1.82) is 0 Å². The number of rotatable bonds is 12. The molecule has 13 heteroatoms. The number of amides is 1. The van der Waals surface area contributed by atoms with Crippen molar-refractivity contribution < 1.29 is 23.7 Å². The molecule has 0 unspecified atom stereocenters. The Kier molecular flexibility index (Phi) is 10.4. The van der Waals surface area contributed by atoms with E-state index in [0.29, 0.717) is 39.9 Å². The maximum absolute atomic E-state index is 11.7. The van der Waals surface area contributed by atoms with Crippen LogP contribution in [-0.4, -0.2) is 56.7 Å². The summed E-state index contributed by atoms with van der Waals surface area (Å²) < 4.78 is 16.5. The third-order valence-electron chi connectivity index (χ3n) is 6.63. The van der Waals surface area contributed by atoms with E-state index >= 15 is 0 Å². The maximum Gasteiger partial charge on any atom is 0.524 e. The highest BCUT2D eigenvalue weighted by molar-refractivity contribution is 7.46. The molecule has 41 heavy (non-hydrogen) atoms. The molecule has 0 spiro atoms. The summed E-state index contributed by atoms with van der Waals surface area (Å²) in [7, 11) is -4.76. The molecule has 4 rings (SSSR count). The van der Waals surface area contributed by atoms with Crippen molar-refractivity contribution in [3.05, 3.63) is 66.3 Å². The molecule has 1 saturated heterocycles. The number of piperidine rings is 1. The number of carbonyl (C=O) groups is 1. The van der Waals surface area contributed by atoms with Crippen LogP contribution in [0.25, 0.3) is 11.3 Å². The van der Waals surface area contributed by atoms with E-state index in [1.165, 1.54) is 31.2 Å². The molecule has 1 amide bonds. The number of carbonyl (C=O) groups excluding carboxylic acids is 1. The molecule has 5 N–H and O–H groups in total. The highest BCUT2D eigenvalue weighted by Gasteiger charge is 2.20. The molecule has 2 heterocycles. The summed E-state index contributed by atoms with van der Waals surface area (Å²) in [5.74, 6) is 0.712. The third-order valence-corrected chi connectivity index (χ3v) is 7.34. The molecule has 11 nitrogen and oxygen atoms in total. The van der Waals surface area contributed by atoms with Gasteiger partial charge in [-0.15, -0.1) is 0 Å². The van der Waals surface area contributed by atoms with Crippen LogP contribution in [0.15, 0.2) is 61.3 Å². The zero-order valence-electron chi connectivity index (χ0n) is 22.7. The monoisotopic (exact) mass is 600 g/mol. The summed E-state index contributed by atoms with van der Waals surface area (Å²) in [4.78, 5) is 41.7. The summed E-state index contributed by atoms with van der Waals surface area (Å²) >= 11 is 6.40. The second kappa shape index (κ2) is 13.9. The Morgan fingerprint density at radius 1 is 1.22 bits per heavy atom. The molecule has 3 aromatic rings. The Morgan fingerprint density at radius 2 is 2.00 bits per heavy atom. The zero-order valence-corrected chi connectivity index (χ0v) is 24.4. The van der Waals surface area contributed by atoms with E-state index < -0.39 is 7.82 Å². The first-order chi connectivity index (χ1) is 19.6. The van der Waals surface area contributed by atoms with Crippen molar-refractivity contribution in [2.45, 2.75) is 26.2 Å². The average Bonchev–Trinajstić information content (AvgIpc) is 2.93. The van der Waals surface area contributed by atoms with Crippen molar-refractivity contribution in [2.75, 3.05) is 42.1 Å². The normalized spacial score (nSPS) is 14.3. The van der Waals surface area contributed by atoms with Gasteiger partial charge in [0.1, 0.15) is 0 Å². The van der Waals surface area contributed by atoms with Crippen molar-refractivity contribution in [3.8, 4) is 17.0 Å². The second-order valence-corrected chi connectivity index (χ2v) is 11.5. The Balaban J connectivity index is 1.49. The van der Waals surface area contributed by atoms with Crippen molar-refractivity contribution in [3.63, 3.8) is 0 Å². The van der Waals surface area contributed by atoms with Crippen molar-refractivity contribution >= 4 is 48.3 Å². The summed E-state index contributed by atoms with van der Waals surface area (Å²) in [5, 5.41) is 9.38. The van der Waals surface area contributed by atoms with E-state index in [2.05, 4.69) is 44.3 Å². The van der Waals surface area contributed by atoms with E-state index in [1.54, 1.807) is 30.3 Å². The number of benzene rings is 2. The number of nitrogens with zero attached hydrogens (tertiary/aromatic N) is 3. The zero-order chi connectivity index (χ0) is 29.4. The topological polar surface area (TPSA) is 149 Å². The summed E-state index contributed by atoms with van der Waals surface area (Å²) in [6.07, 6.45) is 5.91. The molecule has 0 bridgehead atoms. The molecule has 1 aromatic heterocycles. The van der Waals surface area contributed by atoms with Gasteiger partial charge in [-0.3, -0.25) is 14.6 Å². The standard InChI is InChI=1S/C28H34ClN6O5P/c1-3-26(36)32-21-7-4-6-20(16-21)27-23(29)18-31-28(34-27)33-22-8-9-25(40-41(37,38)39)24(17-22)30-12-5-13-35-14-10-19(2)11-15-35/h3-4,6-9,16-19,30H,1,5,10-15H2,2H3,(H,32,36)(H,31,33,34)(H2,37,38,39). The smallest absolute Gasteiger partial charge is 0.402 e. The molecular weight excluding hydrogens is 567 g/mol. The van der Waals surface area contributed by atoms with Crippen LogP contribution in [0.3, 0.4) is 0 Å². The van der Waals surface area contributed by atoms with E-state index in [0.717, 1.165) is 32.0 Å². The number of nitrogens with one attached hydrogen (secondary N) is 3. The minimum atomic E-state index is -4.76. The van der Waals surface area contributed by atoms with Gasteiger partial charge in [0.15, 0.2) is 5.75 Å². The fourth-order valence-corrected chi connectivity index (χ4v) is 5.08.